The third kappa shape index (κ3) is 9.01. The molecule has 0 saturated heterocycles. The highest BCUT2D eigenvalue weighted by Gasteiger charge is 2.21. The summed E-state index contributed by atoms with van der Waals surface area (Å²) >= 11 is 0. The van der Waals surface area contributed by atoms with Gasteiger partial charge in [-0.1, -0.05) is 0 Å². The molecule has 0 radical (unpaired) electrons. The third-order valence-corrected chi connectivity index (χ3v) is 2.28. The van der Waals surface area contributed by atoms with Crippen LogP contribution >= 0.6 is 0 Å². The molecule has 1 atom stereocenters. The van der Waals surface area contributed by atoms with Crippen LogP contribution in [0.3, 0.4) is 0 Å². The van der Waals surface area contributed by atoms with E-state index in [-0.39, 0.29) is 24.9 Å². The molecule has 0 bridgehead atoms. The zero-order valence-electron chi connectivity index (χ0n) is 11.8. The molecule has 0 saturated carbocycles. The molecule has 0 aliphatic carbocycles. The van der Waals surface area contributed by atoms with Crippen LogP contribution in [-0.2, 0) is 19.1 Å². The molecule has 0 aromatic carbocycles. The normalized spacial score (nSPS) is 12.6. The number of carbonyl (C=O) groups is 3. The highest BCUT2D eigenvalue weighted by Crippen LogP contribution is 2.00. The van der Waals surface area contributed by atoms with E-state index >= 15 is 0 Å². The molecule has 0 rings (SSSR count). The van der Waals surface area contributed by atoms with Crippen LogP contribution in [0.1, 0.15) is 33.6 Å². The number of hydrogen-bond donors (Lipinski definition) is 3. The van der Waals surface area contributed by atoms with Crippen molar-refractivity contribution in [2.24, 2.45) is 0 Å². The van der Waals surface area contributed by atoms with Crippen LogP contribution in [0, 0.1) is 0 Å². The van der Waals surface area contributed by atoms with E-state index < -0.39 is 23.9 Å². The second-order valence-corrected chi connectivity index (χ2v) is 5.18. The van der Waals surface area contributed by atoms with Crippen LogP contribution in [0.5, 0.6) is 0 Å². The quantitative estimate of drug-likeness (QED) is 0.560. The number of esters is 1. The Kier molecular flexibility index (Phi) is 7.06. The van der Waals surface area contributed by atoms with Crippen LogP contribution in [-0.4, -0.2) is 48.2 Å². The molecule has 1 unspecified atom stereocenters. The number of carboxylic acid groups (broad SMARTS) is 1. The molecule has 7 heteroatoms. The first kappa shape index (κ1) is 17.4. The van der Waals surface area contributed by atoms with Crippen LogP contribution in [0.25, 0.3) is 0 Å². The molecule has 3 N–H and O–H groups in total. The smallest absolute Gasteiger partial charge is 0.326 e. The summed E-state index contributed by atoms with van der Waals surface area (Å²) in [7, 11) is 1.23. The Labute approximate surface area is 112 Å². The Hall–Kier alpha value is -1.63. The van der Waals surface area contributed by atoms with Gasteiger partial charge in [-0.25, -0.2) is 4.79 Å². The maximum absolute atomic E-state index is 11.6. The molecule has 7 nitrogen and oxygen atoms in total. The summed E-state index contributed by atoms with van der Waals surface area (Å²) < 4.78 is 4.42. The topological polar surface area (TPSA) is 105 Å². The molecule has 19 heavy (non-hydrogen) atoms. The Balaban J connectivity index is 4.23. The van der Waals surface area contributed by atoms with Gasteiger partial charge in [0, 0.05) is 12.0 Å². The number of aliphatic carboxylic acids is 1. The van der Waals surface area contributed by atoms with E-state index in [1.807, 2.05) is 20.8 Å². The molecule has 0 spiro atoms. The fraction of sp³-hybridized carbons (Fsp3) is 0.750. The zero-order valence-corrected chi connectivity index (χ0v) is 11.8. The summed E-state index contributed by atoms with van der Waals surface area (Å²) in [6, 6.07) is -1.09. The third-order valence-electron chi connectivity index (χ3n) is 2.28. The summed E-state index contributed by atoms with van der Waals surface area (Å²) in [6.07, 6.45) is -0.0519. The van der Waals surface area contributed by atoms with Gasteiger partial charge in [0.05, 0.1) is 13.7 Å². The second kappa shape index (κ2) is 7.73. The van der Waals surface area contributed by atoms with Crippen LogP contribution < -0.4 is 10.6 Å². The van der Waals surface area contributed by atoms with E-state index in [1.54, 1.807) is 0 Å². The number of nitrogens with one attached hydrogen (secondary N) is 2. The molecule has 0 heterocycles. The average Bonchev–Trinajstić information content (AvgIpc) is 2.30. The Morgan fingerprint density at radius 1 is 1.26 bits per heavy atom. The highest BCUT2D eigenvalue weighted by atomic mass is 16.5. The van der Waals surface area contributed by atoms with Crippen LogP contribution in [0.15, 0.2) is 0 Å². The largest absolute Gasteiger partial charge is 0.480 e. The molecule has 110 valence electrons. The van der Waals surface area contributed by atoms with Crippen molar-refractivity contribution in [1.29, 1.82) is 0 Å². The number of hydrogen-bond acceptors (Lipinski definition) is 5. The van der Waals surface area contributed by atoms with E-state index in [9.17, 15) is 14.4 Å². The summed E-state index contributed by atoms with van der Waals surface area (Å²) in [6.45, 7) is 5.70. The molecule has 0 aliphatic rings. The Morgan fingerprint density at radius 2 is 1.84 bits per heavy atom. The summed E-state index contributed by atoms with van der Waals surface area (Å²) in [5, 5.41) is 14.3. The first-order chi connectivity index (χ1) is 8.65. The lowest BCUT2D eigenvalue weighted by atomic mass is 10.1. The number of methoxy groups -OCH3 is 1. The first-order valence-corrected chi connectivity index (χ1v) is 5.99. The van der Waals surface area contributed by atoms with Gasteiger partial charge in [0.15, 0.2) is 0 Å². The fourth-order valence-corrected chi connectivity index (χ4v) is 1.21. The van der Waals surface area contributed by atoms with Gasteiger partial charge in [0.2, 0.25) is 5.91 Å². The van der Waals surface area contributed by atoms with Crippen LogP contribution in [0.2, 0.25) is 0 Å². The van der Waals surface area contributed by atoms with Crippen molar-refractivity contribution >= 4 is 17.8 Å². The molecule has 1 amide bonds. The van der Waals surface area contributed by atoms with E-state index in [0.29, 0.717) is 0 Å². The Morgan fingerprint density at radius 3 is 2.26 bits per heavy atom. The Bertz CT molecular complexity index is 336. The van der Waals surface area contributed by atoms with Gasteiger partial charge < -0.3 is 20.5 Å². The average molecular weight is 274 g/mol. The van der Waals surface area contributed by atoms with Crippen LogP contribution in [0.4, 0.5) is 0 Å². The lowest BCUT2D eigenvalue weighted by Crippen LogP contribution is -2.48. The standard InChI is InChI=1S/C12H22N2O5/c1-12(2,3)13-7-9(15)14-8(11(17)18)5-6-10(16)19-4/h8,13H,5-7H2,1-4H3,(H,14,15)(H,17,18). The fourth-order valence-electron chi connectivity index (χ4n) is 1.21. The molecule has 0 aliphatic heterocycles. The van der Waals surface area contributed by atoms with Gasteiger partial charge in [-0.3, -0.25) is 9.59 Å². The maximum atomic E-state index is 11.6. The lowest BCUT2D eigenvalue weighted by molar-refractivity contribution is -0.144. The zero-order chi connectivity index (χ0) is 15.1. The summed E-state index contributed by atoms with van der Waals surface area (Å²) in [4.78, 5) is 33.5. The van der Waals surface area contributed by atoms with Crippen molar-refractivity contribution in [3.05, 3.63) is 0 Å². The van der Waals surface area contributed by atoms with Gasteiger partial charge in [-0.15, -0.1) is 0 Å². The minimum atomic E-state index is -1.17. The first-order valence-electron chi connectivity index (χ1n) is 5.99. The maximum Gasteiger partial charge on any atom is 0.326 e. The number of rotatable bonds is 7. The van der Waals surface area contributed by atoms with Gasteiger partial charge in [0.25, 0.3) is 0 Å². The number of carbonyl (C=O) groups excluding carboxylic acids is 2. The van der Waals surface area contributed by atoms with E-state index in [2.05, 4.69) is 15.4 Å². The van der Waals surface area contributed by atoms with Crippen molar-refractivity contribution in [2.45, 2.75) is 45.2 Å². The van der Waals surface area contributed by atoms with Crippen molar-refractivity contribution in [3.63, 3.8) is 0 Å². The summed E-state index contributed by atoms with van der Waals surface area (Å²) in [5.41, 5.74) is -0.234. The molecule has 0 aromatic heterocycles. The molecule has 0 fully saturated rings. The van der Waals surface area contributed by atoms with Crippen molar-refractivity contribution in [1.82, 2.24) is 10.6 Å². The van der Waals surface area contributed by atoms with E-state index in [1.165, 1.54) is 7.11 Å². The predicted molar refractivity (Wildman–Crippen MR) is 68.6 cm³/mol. The number of carboxylic acids is 1. The van der Waals surface area contributed by atoms with Gasteiger partial charge in [-0.2, -0.15) is 0 Å². The molecular formula is C12H22N2O5. The van der Waals surface area contributed by atoms with Crippen molar-refractivity contribution in [2.75, 3.05) is 13.7 Å². The van der Waals surface area contributed by atoms with E-state index in [4.69, 9.17) is 5.11 Å². The number of amides is 1. The highest BCUT2D eigenvalue weighted by molar-refractivity contribution is 5.85. The predicted octanol–water partition coefficient (Wildman–Crippen LogP) is -0.103. The molecular weight excluding hydrogens is 252 g/mol. The monoisotopic (exact) mass is 274 g/mol. The van der Waals surface area contributed by atoms with Gasteiger partial charge >= 0.3 is 11.9 Å². The summed E-state index contributed by atoms with van der Waals surface area (Å²) in [5.74, 6) is -2.10. The second-order valence-electron chi connectivity index (χ2n) is 5.18. The lowest BCUT2D eigenvalue weighted by Gasteiger charge is -2.21. The number of ether oxygens (including phenoxy) is 1. The minimum Gasteiger partial charge on any atom is -0.480 e. The van der Waals surface area contributed by atoms with Gasteiger partial charge in [-0.05, 0) is 27.2 Å². The SMILES string of the molecule is COC(=O)CCC(NC(=O)CNC(C)(C)C)C(=O)O. The van der Waals surface area contributed by atoms with E-state index in [0.717, 1.165) is 0 Å². The minimum absolute atomic E-state index is 0.00324. The molecule has 0 aromatic rings. The van der Waals surface area contributed by atoms with Crippen molar-refractivity contribution < 1.29 is 24.2 Å². The van der Waals surface area contributed by atoms with Gasteiger partial charge in [0.1, 0.15) is 6.04 Å². The van der Waals surface area contributed by atoms with Crippen molar-refractivity contribution in [3.8, 4) is 0 Å².